The number of hydrogen-bond donors (Lipinski definition) is 6. The summed E-state index contributed by atoms with van der Waals surface area (Å²) in [6.07, 6.45) is 0. The minimum absolute atomic E-state index is 3.13. The van der Waals surface area contributed by atoms with Crippen molar-refractivity contribution in [2.24, 2.45) is 0 Å². The molecular weight excluding hydrogens is 188 g/mol. The van der Waals surface area contributed by atoms with E-state index in [9.17, 15) is 0 Å². The van der Waals surface area contributed by atoms with E-state index in [4.69, 9.17) is 28.8 Å². The normalized spacial score (nSPS) is 9.33. The topological polar surface area (TPSA) is 138 Å². The first-order valence-electron chi connectivity index (χ1n) is 1.55. The van der Waals surface area contributed by atoms with Gasteiger partial charge < -0.3 is 9.59 Å². The third kappa shape index (κ3) is 10600. The minimum atomic E-state index is -5.00. The Balaban J connectivity index is 0. The molecule has 0 radical (unpaired) electrons. The predicted molar refractivity (Wildman–Crippen MR) is 19.8 cm³/mol. The van der Waals surface area contributed by atoms with Gasteiger partial charge >= 0.3 is 42.1 Å². The molecule has 0 aromatic heterocycles. The Kier molecular flexibility index (Phi) is 6.61. The van der Waals surface area contributed by atoms with Gasteiger partial charge in [-0.2, -0.15) is 0 Å². The molecule has 0 unspecified atom stereocenters. The molecule has 0 aliphatic heterocycles. The zero-order chi connectivity index (χ0) is 8.08. The molecule has 0 atom stereocenters. The summed E-state index contributed by atoms with van der Waals surface area (Å²) < 4.78 is 38.2. The molecule has 0 bridgehead atoms. The Bertz CT molecular complexity index is 71.4. The summed E-state index contributed by atoms with van der Waals surface area (Å²) in [6.45, 7) is 0. The first kappa shape index (κ1) is 11.9. The van der Waals surface area contributed by atoms with Crippen LogP contribution in [0.25, 0.3) is 0 Å². The van der Waals surface area contributed by atoms with Crippen LogP contribution in [0.1, 0.15) is 0 Å². The molecular formula is H6O7SiTi. The molecule has 56 valence electrons. The van der Waals surface area contributed by atoms with E-state index in [1.54, 1.807) is 0 Å². The van der Waals surface area contributed by atoms with Crippen molar-refractivity contribution in [3.8, 4) is 0 Å². The van der Waals surface area contributed by atoms with E-state index < -0.39 is 27.3 Å². The van der Waals surface area contributed by atoms with Crippen LogP contribution < -0.4 is 0 Å². The van der Waals surface area contributed by atoms with Gasteiger partial charge in [0.05, 0.1) is 0 Å². The van der Waals surface area contributed by atoms with Crippen molar-refractivity contribution in [1.29, 1.82) is 0 Å². The van der Waals surface area contributed by atoms with E-state index in [1.807, 2.05) is 0 Å². The molecule has 0 heterocycles. The summed E-state index contributed by atoms with van der Waals surface area (Å²) >= 11 is -5.00. The average molecular weight is 194 g/mol. The van der Waals surface area contributed by atoms with Crippen LogP contribution >= 0.6 is 0 Å². The SMILES string of the molecule is O=[Si](O)O.[OH][Ti]([OH])([OH])[OH]. The van der Waals surface area contributed by atoms with Crippen molar-refractivity contribution in [1.82, 2.24) is 0 Å². The van der Waals surface area contributed by atoms with Crippen molar-refractivity contribution < 1.29 is 46.9 Å². The molecule has 0 fully saturated rings. The van der Waals surface area contributed by atoms with Crippen LogP contribution in [-0.2, 0) is 22.6 Å². The quantitative estimate of drug-likeness (QED) is 0.217. The van der Waals surface area contributed by atoms with Gasteiger partial charge in [0, 0.05) is 0 Å². The van der Waals surface area contributed by atoms with Gasteiger partial charge in [-0.15, -0.1) is 0 Å². The van der Waals surface area contributed by atoms with E-state index in [0.717, 1.165) is 0 Å². The van der Waals surface area contributed by atoms with Gasteiger partial charge in [0.1, 0.15) is 0 Å². The van der Waals surface area contributed by atoms with Crippen molar-refractivity contribution in [3.63, 3.8) is 0 Å². The summed E-state index contributed by atoms with van der Waals surface area (Å²) in [5, 5.41) is 0. The van der Waals surface area contributed by atoms with Gasteiger partial charge in [-0.05, 0) is 0 Å². The summed E-state index contributed by atoms with van der Waals surface area (Å²) in [4.78, 5) is 14.3. The maximum atomic E-state index is 8.74. The van der Waals surface area contributed by atoms with E-state index in [1.165, 1.54) is 0 Å². The molecule has 0 aliphatic carbocycles. The fraction of sp³-hybridized carbons (Fsp3) is 0. The molecule has 0 amide bonds. The summed E-state index contributed by atoms with van der Waals surface area (Å²) in [5.74, 6) is 0. The second-order valence-corrected chi connectivity index (χ2v) is 3.32. The van der Waals surface area contributed by atoms with Gasteiger partial charge in [-0.3, -0.25) is 4.46 Å². The molecule has 0 aromatic rings. The number of hydrogen-bond acceptors (Lipinski definition) is 5. The van der Waals surface area contributed by atoms with Crippen molar-refractivity contribution in [2.75, 3.05) is 0 Å². The molecule has 0 saturated carbocycles. The van der Waals surface area contributed by atoms with Crippen LogP contribution in [0, 0.1) is 0 Å². The van der Waals surface area contributed by atoms with Crippen LogP contribution in [-0.4, -0.2) is 33.5 Å². The first-order valence-corrected chi connectivity index (χ1v) is 5.64. The van der Waals surface area contributed by atoms with E-state index in [-0.39, 0.29) is 0 Å². The fourth-order valence-electron chi connectivity index (χ4n) is 0. The molecule has 0 aliphatic rings. The van der Waals surface area contributed by atoms with Crippen LogP contribution in [0.15, 0.2) is 0 Å². The fourth-order valence-corrected chi connectivity index (χ4v) is 0. The number of rotatable bonds is 0. The van der Waals surface area contributed by atoms with Crippen molar-refractivity contribution in [2.45, 2.75) is 0 Å². The molecule has 7 nitrogen and oxygen atoms in total. The van der Waals surface area contributed by atoms with Crippen LogP contribution in [0.2, 0.25) is 0 Å². The standard InChI is InChI=1S/H2O3Si.4H2O.Ti/c1-4(2)3;;;;;/h1-2H;4*1H2;/q;;;;;+4/p-4. The third-order valence-corrected chi connectivity index (χ3v) is 0. The van der Waals surface area contributed by atoms with Gasteiger partial charge in [0.25, 0.3) is 0 Å². The van der Waals surface area contributed by atoms with Crippen LogP contribution in [0.5, 0.6) is 0 Å². The van der Waals surface area contributed by atoms with Gasteiger partial charge in [-0.1, -0.05) is 0 Å². The molecule has 0 rings (SSSR count). The first-order chi connectivity index (χ1) is 3.73. The molecule has 6 N–H and O–H groups in total. The van der Waals surface area contributed by atoms with Crippen LogP contribution in [0.3, 0.4) is 0 Å². The van der Waals surface area contributed by atoms with E-state index >= 15 is 0 Å². The van der Waals surface area contributed by atoms with Crippen molar-refractivity contribution in [3.05, 3.63) is 0 Å². The second kappa shape index (κ2) is 5.00. The van der Waals surface area contributed by atoms with Gasteiger partial charge in [-0.25, -0.2) is 0 Å². The molecule has 9 heavy (non-hydrogen) atoms. The summed E-state index contributed by atoms with van der Waals surface area (Å²) in [5.41, 5.74) is 0. The maximum absolute atomic E-state index is 8.74. The monoisotopic (exact) mass is 194 g/mol. The zero-order valence-corrected chi connectivity index (χ0v) is 6.65. The summed E-state index contributed by atoms with van der Waals surface area (Å²) in [7, 11) is -3.13. The molecule has 9 heteroatoms. The average Bonchev–Trinajstić information content (AvgIpc) is 1.19. The Hall–Kier alpha value is 0.171. The predicted octanol–water partition coefficient (Wildman–Crippen LogP) is -3.84. The Labute approximate surface area is 56.6 Å². The van der Waals surface area contributed by atoms with E-state index in [0.29, 0.717) is 0 Å². The van der Waals surface area contributed by atoms with Gasteiger partial charge in [0.2, 0.25) is 0 Å². The third-order valence-electron chi connectivity index (χ3n) is 0. The zero-order valence-electron chi connectivity index (χ0n) is 4.09. The van der Waals surface area contributed by atoms with Gasteiger partial charge in [0.15, 0.2) is 0 Å². The molecule has 0 aromatic carbocycles. The Morgan fingerprint density at radius 2 is 1.00 bits per heavy atom. The van der Waals surface area contributed by atoms with Crippen LogP contribution in [0.4, 0.5) is 0 Å². The van der Waals surface area contributed by atoms with Crippen molar-refractivity contribution >= 4 is 9.17 Å². The summed E-state index contributed by atoms with van der Waals surface area (Å²) in [6, 6.07) is 0. The Morgan fingerprint density at radius 1 is 1.00 bits per heavy atom. The molecule has 0 spiro atoms. The Morgan fingerprint density at radius 3 is 1.00 bits per heavy atom. The molecule has 0 saturated heterocycles. The van der Waals surface area contributed by atoms with E-state index in [2.05, 4.69) is 0 Å². The second-order valence-electron chi connectivity index (χ2n) is 0.883.